The average Bonchev–Trinajstić information content (AvgIpc) is 2.09. The molecular weight excluding hydrogens is 230 g/mol. The van der Waals surface area contributed by atoms with Crippen molar-refractivity contribution in [2.45, 2.75) is 18.9 Å². The molecule has 0 heterocycles. The van der Waals surface area contributed by atoms with Crippen LogP contribution in [0.1, 0.15) is 12.0 Å². The predicted octanol–water partition coefficient (Wildman–Crippen LogP) is 1.70. The molecule has 0 amide bonds. The summed E-state index contributed by atoms with van der Waals surface area (Å²) in [6.45, 7) is 0.533. The molecule has 1 aromatic carbocycles. The van der Waals surface area contributed by atoms with Gasteiger partial charge in [-0.15, -0.1) is 0 Å². The summed E-state index contributed by atoms with van der Waals surface area (Å²) in [5, 5.41) is 9.53. The van der Waals surface area contributed by atoms with E-state index in [0.29, 0.717) is 19.4 Å². The average molecular weight is 244 g/mol. The molecule has 1 rings (SSSR count). The molecule has 0 radical (unpaired) electrons. The van der Waals surface area contributed by atoms with E-state index in [-0.39, 0.29) is 6.10 Å². The molecule has 0 aromatic heterocycles. The van der Waals surface area contributed by atoms with Crippen LogP contribution in [-0.2, 0) is 6.42 Å². The van der Waals surface area contributed by atoms with Crippen molar-refractivity contribution in [1.29, 1.82) is 0 Å². The van der Waals surface area contributed by atoms with E-state index in [0.717, 1.165) is 10.0 Å². The Kier molecular flexibility index (Phi) is 4.42. The molecule has 72 valence electrons. The Morgan fingerprint density at radius 2 is 2.08 bits per heavy atom. The van der Waals surface area contributed by atoms with Crippen molar-refractivity contribution in [1.82, 2.24) is 0 Å². The van der Waals surface area contributed by atoms with Crippen LogP contribution in [0.15, 0.2) is 28.7 Å². The second-order valence-electron chi connectivity index (χ2n) is 3.03. The van der Waals surface area contributed by atoms with E-state index in [9.17, 15) is 5.11 Å². The Bertz CT molecular complexity index is 265. The lowest BCUT2D eigenvalue weighted by Gasteiger charge is -2.10. The molecule has 13 heavy (non-hydrogen) atoms. The fourth-order valence-electron chi connectivity index (χ4n) is 1.21. The van der Waals surface area contributed by atoms with Crippen LogP contribution in [0.3, 0.4) is 0 Å². The van der Waals surface area contributed by atoms with Crippen molar-refractivity contribution in [2.75, 3.05) is 6.54 Å². The largest absolute Gasteiger partial charge is 0.393 e. The van der Waals surface area contributed by atoms with Crippen LogP contribution >= 0.6 is 15.9 Å². The Morgan fingerprint density at radius 1 is 1.38 bits per heavy atom. The number of rotatable bonds is 4. The molecule has 0 aliphatic carbocycles. The zero-order valence-corrected chi connectivity index (χ0v) is 9.00. The van der Waals surface area contributed by atoms with E-state index in [4.69, 9.17) is 5.73 Å². The third-order valence-corrected chi connectivity index (χ3v) is 2.69. The Hall–Kier alpha value is -0.380. The summed E-state index contributed by atoms with van der Waals surface area (Å²) >= 11 is 3.43. The normalized spacial score (nSPS) is 12.8. The van der Waals surface area contributed by atoms with Crippen LogP contribution < -0.4 is 5.73 Å². The molecule has 2 nitrogen and oxygen atoms in total. The summed E-state index contributed by atoms with van der Waals surface area (Å²) in [7, 11) is 0. The smallest absolute Gasteiger partial charge is 0.0593 e. The molecule has 1 atom stereocenters. The third-order valence-electron chi connectivity index (χ3n) is 1.91. The first-order valence-corrected chi connectivity index (χ1v) is 5.15. The van der Waals surface area contributed by atoms with Gasteiger partial charge in [-0.25, -0.2) is 0 Å². The van der Waals surface area contributed by atoms with Crippen molar-refractivity contribution < 1.29 is 5.11 Å². The lowest BCUT2D eigenvalue weighted by molar-refractivity contribution is 0.167. The maximum absolute atomic E-state index is 9.53. The molecule has 0 saturated carbocycles. The number of nitrogens with two attached hydrogens (primary N) is 1. The van der Waals surface area contributed by atoms with E-state index in [2.05, 4.69) is 15.9 Å². The zero-order valence-electron chi connectivity index (χ0n) is 7.41. The van der Waals surface area contributed by atoms with Gasteiger partial charge in [0.25, 0.3) is 0 Å². The molecule has 0 aliphatic heterocycles. The van der Waals surface area contributed by atoms with Gasteiger partial charge in [-0.2, -0.15) is 0 Å². The minimum absolute atomic E-state index is 0.330. The molecule has 1 aromatic rings. The van der Waals surface area contributed by atoms with Gasteiger partial charge in [0.05, 0.1) is 6.10 Å². The van der Waals surface area contributed by atoms with Gasteiger partial charge in [0, 0.05) is 4.47 Å². The number of benzene rings is 1. The summed E-state index contributed by atoms with van der Waals surface area (Å²) < 4.78 is 1.05. The predicted molar refractivity (Wildman–Crippen MR) is 57.5 cm³/mol. The van der Waals surface area contributed by atoms with Crippen molar-refractivity contribution in [3.63, 3.8) is 0 Å². The van der Waals surface area contributed by atoms with Gasteiger partial charge < -0.3 is 10.8 Å². The van der Waals surface area contributed by atoms with E-state index < -0.39 is 0 Å². The minimum atomic E-state index is -0.330. The maximum Gasteiger partial charge on any atom is 0.0593 e. The zero-order chi connectivity index (χ0) is 9.68. The highest BCUT2D eigenvalue weighted by atomic mass is 79.9. The quantitative estimate of drug-likeness (QED) is 0.846. The highest BCUT2D eigenvalue weighted by molar-refractivity contribution is 9.10. The molecule has 3 N–H and O–H groups in total. The van der Waals surface area contributed by atoms with Crippen LogP contribution in [0.2, 0.25) is 0 Å². The summed E-state index contributed by atoms with van der Waals surface area (Å²) in [4.78, 5) is 0. The van der Waals surface area contributed by atoms with Gasteiger partial charge in [0.1, 0.15) is 0 Å². The van der Waals surface area contributed by atoms with E-state index >= 15 is 0 Å². The molecular formula is C10H14BrNO. The first kappa shape index (κ1) is 10.7. The van der Waals surface area contributed by atoms with E-state index in [1.165, 1.54) is 0 Å². The number of halogens is 1. The van der Waals surface area contributed by atoms with Crippen molar-refractivity contribution in [3.05, 3.63) is 34.3 Å². The molecule has 1 unspecified atom stereocenters. The topological polar surface area (TPSA) is 46.2 Å². The lowest BCUT2D eigenvalue weighted by atomic mass is 10.1. The van der Waals surface area contributed by atoms with Gasteiger partial charge in [-0.3, -0.25) is 0 Å². The van der Waals surface area contributed by atoms with Crippen molar-refractivity contribution in [2.24, 2.45) is 5.73 Å². The van der Waals surface area contributed by atoms with Crippen molar-refractivity contribution >= 4 is 15.9 Å². The highest BCUT2D eigenvalue weighted by Gasteiger charge is 2.06. The van der Waals surface area contributed by atoms with Gasteiger partial charge in [0.2, 0.25) is 0 Å². The Labute approximate surface area is 86.9 Å². The molecule has 0 aliphatic rings. The third kappa shape index (κ3) is 3.46. The Morgan fingerprint density at radius 3 is 2.69 bits per heavy atom. The van der Waals surface area contributed by atoms with Crippen LogP contribution in [0.25, 0.3) is 0 Å². The van der Waals surface area contributed by atoms with Crippen LogP contribution in [-0.4, -0.2) is 17.8 Å². The Balaban J connectivity index is 2.58. The SMILES string of the molecule is NCCC(O)Cc1ccccc1Br. The summed E-state index contributed by atoms with van der Waals surface area (Å²) in [5.74, 6) is 0. The number of hydrogen-bond donors (Lipinski definition) is 2. The summed E-state index contributed by atoms with van der Waals surface area (Å²) in [5.41, 5.74) is 6.48. The molecule has 0 spiro atoms. The lowest BCUT2D eigenvalue weighted by Crippen LogP contribution is -2.16. The number of aliphatic hydroxyl groups is 1. The van der Waals surface area contributed by atoms with Crippen LogP contribution in [0, 0.1) is 0 Å². The summed E-state index contributed by atoms with van der Waals surface area (Å²) in [6, 6.07) is 7.91. The fourth-order valence-corrected chi connectivity index (χ4v) is 1.66. The number of aliphatic hydroxyl groups excluding tert-OH is 1. The molecule has 0 bridgehead atoms. The maximum atomic E-state index is 9.53. The molecule has 3 heteroatoms. The fraction of sp³-hybridized carbons (Fsp3) is 0.400. The number of hydrogen-bond acceptors (Lipinski definition) is 2. The summed E-state index contributed by atoms with van der Waals surface area (Å²) in [6.07, 6.45) is 0.989. The van der Waals surface area contributed by atoms with E-state index in [1.54, 1.807) is 0 Å². The minimum Gasteiger partial charge on any atom is -0.393 e. The standard InChI is InChI=1S/C10H14BrNO/c11-10-4-2-1-3-8(10)7-9(13)5-6-12/h1-4,9,13H,5-7,12H2. The van der Waals surface area contributed by atoms with Gasteiger partial charge in [0.15, 0.2) is 0 Å². The van der Waals surface area contributed by atoms with E-state index in [1.807, 2.05) is 24.3 Å². The van der Waals surface area contributed by atoms with Crippen LogP contribution in [0.5, 0.6) is 0 Å². The first-order valence-electron chi connectivity index (χ1n) is 4.35. The second kappa shape index (κ2) is 5.37. The van der Waals surface area contributed by atoms with Gasteiger partial charge >= 0.3 is 0 Å². The van der Waals surface area contributed by atoms with Gasteiger partial charge in [-0.1, -0.05) is 34.1 Å². The first-order chi connectivity index (χ1) is 6.24. The second-order valence-corrected chi connectivity index (χ2v) is 3.88. The van der Waals surface area contributed by atoms with Crippen molar-refractivity contribution in [3.8, 4) is 0 Å². The molecule has 0 saturated heterocycles. The monoisotopic (exact) mass is 243 g/mol. The molecule has 0 fully saturated rings. The van der Waals surface area contributed by atoms with Crippen LogP contribution in [0.4, 0.5) is 0 Å². The highest BCUT2D eigenvalue weighted by Crippen LogP contribution is 2.17. The van der Waals surface area contributed by atoms with Gasteiger partial charge in [-0.05, 0) is 31.0 Å².